The van der Waals surface area contributed by atoms with Crippen LogP contribution in [-0.2, 0) is 11.3 Å². The number of hydrogen-bond acceptors (Lipinski definition) is 5. The minimum Gasteiger partial charge on any atom is -0.486 e. The molecule has 1 N–H and O–H groups in total. The van der Waals surface area contributed by atoms with E-state index in [-0.39, 0.29) is 24.1 Å². The van der Waals surface area contributed by atoms with Gasteiger partial charge in [0.15, 0.2) is 11.5 Å². The van der Waals surface area contributed by atoms with Gasteiger partial charge in [-0.15, -0.1) is 0 Å². The molecule has 1 aliphatic rings. The van der Waals surface area contributed by atoms with Crippen molar-refractivity contribution < 1.29 is 14.3 Å². The van der Waals surface area contributed by atoms with Crippen molar-refractivity contribution in [1.29, 1.82) is 0 Å². The molecule has 0 saturated carbocycles. The summed E-state index contributed by atoms with van der Waals surface area (Å²) in [6.07, 6.45) is 3.24. The summed E-state index contributed by atoms with van der Waals surface area (Å²) in [5.74, 6) is 1.08. The summed E-state index contributed by atoms with van der Waals surface area (Å²) in [4.78, 5) is 24.6. The molecular formula is C18H18N4O4. The fraction of sp³-hybridized carbons (Fsp3) is 0.278. The van der Waals surface area contributed by atoms with E-state index in [1.54, 1.807) is 22.7 Å². The number of aromatic nitrogens is 3. The highest BCUT2D eigenvalue weighted by atomic mass is 16.6. The van der Waals surface area contributed by atoms with Crippen LogP contribution in [0, 0.1) is 0 Å². The van der Waals surface area contributed by atoms with Gasteiger partial charge in [-0.2, -0.15) is 5.10 Å². The van der Waals surface area contributed by atoms with Gasteiger partial charge in [-0.1, -0.05) is 6.07 Å². The highest BCUT2D eigenvalue weighted by Gasteiger charge is 2.16. The average Bonchev–Trinajstić information content (AvgIpc) is 3.13. The molecular weight excluding hydrogens is 336 g/mol. The number of nitrogens with one attached hydrogen (secondary N) is 1. The van der Waals surface area contributed by atoms with Gasteiger partial charge in [-0.25, -0.2) is 4.68 Å². The second kappa shape index (κ2) is 6.55. The lowest BCUT2D eigenvalue weighted by Crippen LogP contribution is -2.35. The van der Waals surface area contributed by atoms with Crippen LogP contribution in [0.1, 0.15) is 18.5 Å². The Hall–Kier alpha value is -3.29. The van der Waals surface area contributed by atoms with Crippen molar-refractivity contribution in [3.05, 3.63) is 58.8 Å². The molecule has 0 fully saturated rings. The maximum Gasteiger partial charge on any atom is 0.291 e. The van der Waals surface area contributed by atoms with Crippen LogP contribution in [0.15, 0.2) is 47.7 Å². The summed E-state index contributed by atoms with van der Waals surface area (Å²) in [5.41, 5.74) is 1.07. The second-order valence-electron chi connectivity index (χ2n) is 6.09. The second-order valence-corrected chi connectivity index (χ2v) is 6.09. The minimum atomic E-state index is -0.306. The predicted octanol–water partition coefficient (Wildman–Crippen LogP) is 1.14. The van der Waals surface area contributed by atoms with Crippen LogP contribution in [0.2, 0.25) is 0 Å². The van der Waals surface area contributed by atoms with E-state index >= 15 is 0 Å². The molecule has 8 heteroatoms. The van der Waals surface area contributed by atoms with Crippen molar-refractivity contribution >= 4 is 11.4 Å². The lowest BCUT2D eigenvalue weighted by atomic mass is 10.1. The van der Waals surface area contributed by atoms with Gasteiger partial charge in [-0.3, -0.25) is 9.59 Å². The molecule has 0 saturated heterocycles. The summed E-state index contributed by atoms with van der Waals surface area (Å²) < 4.78 is 13.8. The first-order valence-corrected chi connectivity index (χ1v) is 8.33. The molecule has 4 rings (SSSR count). The largest absolute Gasteiger partial charge is 0.486 e. The molecule has 134 valence electrons. The van der Waals surface area contributed by atoms with Crippen LogP contribution in [0.5, 0.6) is 11.5 Å². The van der Waals surface area contributed by atoms with E-state index in [2.05, 4.69) is 10.4 Å². The normalized spacial score (nSPS) is 14.2. The van der Waals surface area contributed by atoms with E-state index in [0.717, 1.165) is 10.2 Å². The Labute approximate surface area is 149 Å². The van der Waals surface area contributed by atoms with Gasteiger partial charge in [0.25, 0.3) is 5.56 Å². The average molecular weight is 354 g/mol. The van der Waals surface area contributed by atoms with Gasteiger partial charge in [0.05, 0.1) is 6.04 Å². The molecule has 1 amide bonds. The molecule has 1 atom stereocenters. The fourth-order valence-corrected chi connectivity index (χ4v) is 2.93. The van der Waals surface area contributed by atoms with Crippen molar-refractivity contribution in [2.24, 2.45) is 0 Å². The zero-order chi connectivity index (χ0) is 18.1. The van der Waals surface area contributed by atoms with Gasteiger partial charge in [0.2, 0.25) is 5.91 Å². The van der Waals surface area contributed by atoms with E-state index < -0.39 is 0 Å². The zero-order valence-corrected chi connectivity index (χ0v) is 14.2. The third-order valence-corrected chi connectivity index (χ3v) is 4.29. The van der Waals surface area contributed by atoms with Gasteiger partial charge in [0, 0.05) is 6.20 Å². The van der Waals surface area contributed by atoms with Crippen LogP contribution < -0.4 is 20.3 Å². The number of benzene rings is 1. The molecule has 2 aromatic heterocycles. The number of hydrogen-bond donors (Lipinski definition) is 1. The van der Waals surface area contributed by atoms with E-state index in [4.69, 9.17) is 9.47 Å². The number of fused-ring (bicyclic) bond motifs is 2. The predicted molar refractivity (Wildman–Crippen MR) is 93.4 cm³/mol. The molecule has 0 unspecified atom stereocenters. The maximum absolute atomic E-state index is 12.3. The maximum atomic E-state index is 12.3. The van der Waals surface area contributed by atoms with Crippen molar-refractivity contribution in [2.45, 2.75) is 19.5 Å². The van der Waals surface area contributed by atoms with E-state index in [0.29, 0.717) is 30.2 Å². The Morgan fingerprint density at radius 2 is 2.08 bits per heavy atom. The van der Waals surface area contributed by atoms with Crippen molar-refractivity contribution in [1.82, 2.24) is 19.5 Å². The number of carbonyl (C=O) groups is 1. The first-order chi connectivity index (χ1) is 12.6. The number of ether oxygens (including phenoxy) is 2. The first kappa shape index (κ1) is 16.2. The molecule has 3 aromatic rings. The Balaban J connectivity index is 1.47. The number of amides is 1. The summed E-state index contributed by atoms with van der Waals surface area (Å²) in [5, 5.41) is 6.90. The summed E-state index contributed by atoms with van der Waals surface area (Å²) in [6.45, 7) is 2.77. The molecule has 1 aromatic carbocycles. The number of carbonyl (C=O) groups excluding carboxylic acids is 1. The van der Waals surface area contributed by atoms with E-state index in [1.165, 1.54) is 6.33 Å². The molecule has 26 heavy (non-hydrogen) atoms. The third-order valence-electron chi connectivity index (χ3n) is 4.29. The molecule has 8 nitrogen and oxygen atoms in total. The quantitative estimate of drug-likeness (QED) is 0.759. The standard InChI is InChI=1S/C18H18N4O4/c1-12(13-4-5-15-16(9-13)26-8-7-25-15)20-17(23)10-22-18(24)14-3-2-6-21(14)11-19-22/h2-6,9,11-12H,7-8,10H2,1H3,(H,20,23)/t12-/m0/s1. The third kappa shape index (κ3) is 3.01. The minimum absolute atomic E-state index is 0.143. The van der Waals surface area contributed by atoms with Crippen LogP contribution in [-0.4, -0.2) is 33.3 Å². The Morgan fingerprint density at radius 3 is 2.92 bits per heavy atom. The molecule has 3 heterocycles. The Morgan fingerprint density at radius 1 is 1.27 bits per heavy atom. The Bertz CT molecular complexity index is 1020. The monoisotopic (exact) mass is 354 g/mol. The molecule has 0 bridgehead atoms. The van der Waals surface area contributed by atoms with Gasteiger partial charge in [0.1, 0.15) is 31.6 Å². The summed E-state index contributed by atoms with van der Waals surface area (Å²) in [6, 6.07) is 8.78. The van der Waals surface area contributed by atoms with Crippen LogP contribution in [0.3, 0.4) is 0 Å². The van der Waals surface area contributed by atoms with Crippen LogP contribution in [0.4, 0.5) is 0 Å². The van der Waals surface area contributed by atoms with E-state index in [9.17, 15) is 9.59 Å². The highest BCUT2D eigenvalue weighted by Crippen LogP contribution is 2.32. The topological polar surface area (TPSA) is 86.9 Å². The molecule has 1 aliphatic heterocycles. The highest BCUT2D eigenvalue weighted by molar-refractivity contribution is 5.76. The number of rotatable bonds is 4. The Kier molecular flexibility index (Phi) is 4.08. The van der Waals surface area contributed by atoms with Crippen molar-refractivity contribution in [2.75, 3.05) is 13.2 Å². The molecule has 0 aliphatic carbocycles. The van der Waals surface area contributed by atoms with Crippen molar-refractivity contribution in [3.8, 4) is 11.5 Å². The summed E-state index contributed by atoms with van der Waals surface area (Å²) >= 11 is 0. The van der Waals surface area contributed by atoms with Gasteiger partial charge < -0.3 is 19.2 Å². The van der Waals surface area contributed by atoms with Crippen LogP contribution >= 0.6 is 0 Å². The van der Waals surface area contributed by atoms with Crippen molar-refractivity contribution in [3.63, 3.8) is 0 Å². The SMILES string of the molecule is C[C@H](NC(=O)Cn1ncn2cccc2c1=O)c1ccc2c(c1)OCCO2. The molecule has 0 radical (unpaired) electrons. The zero-order valence-electron chi connectivity index (χ0n) is 14.2. The van der Waals surface area contributed by atoms with E-state index in [1.807, 2.05) is 25.1 Å². The number of nitrogens with zero attached hydrogens (tertiary/aromatic N) is 3. The smallest absolute Gasteiger partial charge is 0.291 e. The van der Waals surface area contributed by atoms with Gasteiger partial charge >= 0.3 is 0 Å². The fourth-order valence-electron chi connectivity index (χ4n) is 2.93. The molecule has 0 spiro atoms. The lowest BCUT2D eigenvalue weighted by Gasteiger charge is -2.21. The lowest BCUT2D eigenvalue weighted by molar-refractivity contribution is -0.122. The van der Waals surface area contributed by atoms with Gasteiger partial charge in [-0.05, 0) is 36.8 Å². The summed E-state index contributed by atoms with van der Waals surface area (Å²) in [7, 11) is 0. The van der Waals surface area contributed by atoms with Crippen LogP contribution in [0.25, 0.3) is 5.52 Å². The first-order valence-electron chi connectivity index (χ1n) is 8.33.